The predicted molar refractivity (Wildman–Crippen MR) is 143 cm³/mol. The van der Waals surface area contributed by atoms with Crippen molar-refractivity contribution in [2.45, 2.75) is 39.0 Å². The van der Waals surface area contributed by atoms with Crippen molar-refractivity contribution in [3.63, 3.8) is 0 Å². The summed E-state index contributed by atoms with van der Waals surface area (Å²) in [7, 11) is 2.02. The second-order valence-corrected chi connectivity index (χ2v) is 10.1. The Morgan fingerprint density at radius 1 is 1.25 bits per heavy atom. The van der Waals surface area contributed by atoms with Gasteiger partial charge in [0.2, 0.25) is 0 Å². The van der Waals surface area contributed by atoms with Crippen LogP contribution in [0, 0.1) is 18.7 Å². The summed E-state index contributed by atoms with van der Waals surface area (Å²) in [6.45, 7) is 8.37. The Bertz CT molecular complexity index is 1190. The number of hydroxylamine groups is 1. The molecule has 36 heavy (non-hydrogen) atoms. The molecule has 2 heterocycles. The third-order valence-electron chi connectivity index (χ3n) is 7.12. The Hall–Kier alpha value is -2.50. The van der Waals surface area contributed by atoms with Crippen molar-refractivity contribution in [2.24, 2.45) is 5.92 Å². The number of aryl methyl sites for hydroxylation is 2. The number of halogens is 1. The molecule has 1 aliphatic carbocycles. The van der Waals surface area contributed by atoms with Crippen molar-refractivity contribution in [2.75, 3.05) is 44.6 Å². The summed E-state index contributed by atoms with van der Waals surface area (Å²) in [6.07, 6.45) is 3.73. The summed E-state index contributed by atoms with van der Waals surface area (Å²) in [5.74, 6) is 0.0557. The molecule has 1 unspecified atom stereocenters. The number of piperazine rings is 1. The maximum atomic E-state index is 15.9. The van der Waals surface area contributed by atoms with E-state index < -0.39 is 12.0 Å². The maximum Gasteiger partial charge on any atom is 0.174 e. The fourth-order valence-corrected chi connectivity index (χ4v) is 4.78. The molecule has 1 aliphatic heterocycles. The van der Waals surface area contributed by atoms with Gasteiger partial charge >= 0.3 is 0 Å². The molecule has 0 radical (unpaired) electrons. The van der Waals surface area contributed by atoms with E-state index in [0.29, 0.717) is 29.1 Å². The maximum absolute atomic E-state index is 15.9. The first-order valence-electron chi connectivity index (χ1n) is 13.0. The molecule has 2 fully saturated rings. The lowest BCUT2D eigenvalue weighted by Crippen LogP contribution is -2.43. The van der Waals surface area contributed by atoms with Gasteiger partial charge in [-0.25, -0.2) is 9.37 Å². The van der Waals surface area contributed by atoms with Crippen LogP contribution in [0.5, 0.6) is 0 Å². The van der Waals surface area contributed by atoms with Crippen LogP contribution in [0.25, 0.3) is 11.0 Å². The topological polar surface area (TPSA) is 86.6 Å². The molecule has 0 bridgehead atoms. The van der Waals surface area contributed by atoms with Crippen LogP contribution < -0.4 is 21.6 Å². The summed E-state index contributed by atoms with van der Waals surface area (Å²) < 4.78 is 17.9. The third kappa shape index (κ3) is 5.90. The summed E-state index contributed by atoms with van der Waals surface area (Å²) in [5.41, 5.74) is 7.16. The Balaban J connectivity index is 1.41. The molecule has 1 saturated carbocycles. The van der Waals surface area contributed by atoms with Gasteiger partial charge < -0.3 is 25.2 Å². The van der Waals surface area contributed by atoms with Gasteiger partial charge in [-0.1, -0.05) is 17.6 Å². The Morgan fingerprint density at radius 3 is 2.81 bits per heavy atom. The average Bonchev–Trinajstić information content (AvgIpc) is 3.61. The van der Waals surface area contributed by atoms with E-state index in [1.807, 2.05) is 43.6 Å². The van der Waals surface area contributed by atoms with Crippen LogP contribution in [-0.4, -0.2) is 66.7 Å². The van der Waals surface area contributed by atoms with Gasteiger partial charge in [0.05, 0.1) is 24.1 Å². The van der Waals surface area contributed by atoms with E-state index in [2.05, 4.69) is 26.0 Å². The lowest BCUT2D eigenvalue weighted by molar-refractivity contribution is -0.0619. The predicted octanol–water partition coefficient (Wildman–Crippen LogP) is 1.70. The highest BCUT2D eigenvalue weighted by Gasteiger charge is 2.25. The second kappa shape index (κ2) is 11.3. The molecule has 3 aromatic rings. The minimum absolute atomic E-state index is 0.204. The molecule has 2 aromatic carbocycles. The molecule has 5 rings (SSSR count). The second-order valence-electron chi connectivity index (χ2n) is 10.1. The number of aliphatic hydroxyl groups is 1. The van der Waals surface area contributed by atoms with Gasteiger partial charge in [0.15, 0.2) is 12.0 Å². The summed E-state index contributed by atoms with van der Waals surface area (Å²) in [5, 5.41) is 17.6. The van der Waals surface area contributed by atoms with E-state index in [-0.39, 0.29) is 5.69 Å². The summed E-state index contributed by atoms with van der Waals surface area (Å²) in [6, 6.07) is 7.77. The first-order valence-corrected chi connectivity index (χ1v) is 13.0. The molecule has 2 aliphatic rings. The van der Waals surface area contributed by atoms with Crippen molar-refractivity contribution in [3.05, 3.63) is 47.5 Å². The quantitative estimate of drug-likeness (QED) is 0.184. The van der Waals surface area contributed by atoms with Crippen LogP contribution in [0.1, 0.15) is 36.6 Å². The first-order chi connectivity index (χ1) is 17.5. The number of anilines is 2. The highest BCUT2D eigenvalue weighted by Crippen LogP contribution is 2.35. The van der Waals surface area contributed by atoms with E-state index >= 15 is 4.39 Å². The van der Waals surface area contributed by atoms with Gasteiger partial charge in [0.25, 0.3) is 0 Å². The number of hydrogen-bond donors (Lipinski definition) is 4. The smallest absolute Gasteiger partial charge is 0.174 e. The number of nitrogens with one attached hydrogen (secondary N) is 3. The van der Waals surface area contributed by atoms with Crippen LogP contribution in [0.15, 0.2) is 30.6 Å². The SMILES string of the molecule is Bc1ccc(Nc2c(C(O)NOCC3CC3)cc3c(ncn3CCCN3CCNCC3)c2F)c(C)c1. The van der Waals surface area contributed by atoms with Gasteiger partial charge in [-0.05, 0) is 56.3 Å². The van der Waals surface area contributed by atoms with E-state index in [0.717, 1.165) is 75.2 Å². The standard InChI is InChI=1S/C26H36BFN6O2/c1-17-13-19(27)5-6-21(17)31-24-20(26(35)32-36-15-18-3-4-18)14-22-25(23(24)28)30-16-34(22)10-2-9-33-11-7-29-8-12-33/h5-6,13-14,16,18,26,29,31-32,35H,2-4,7-12,15,27H2,1H3. The molecule has 10 heteroatoms. The van der Waals surface area contributed by atoms with Crippen LogP contribution in [0.4, 0.5) is 15.8 Å². The van der Waals surface area contributed by atoms with Gasteiger partial charge in [0.1, 0.15) is 13.4 Å². The fraction of sp³-hybridized carbons (Fsp3) is 0.500. The molecule has 1 aromatic heterocycles. The first kappa shape index (κ1) is 25.2. The van der Waals surface area contributed by atoms with E-state index in [9.17, 15) is 5.11 Å². The molecule has 0 amide bonds. The highest BCUT2D eigenvalue weighted by molar-refractivity contribution is 6.32. The lowest BCUT2D eigenvalue weighted by Gasteiger charge is -2.27. The van der Waals surface area contributed by atoms with Gasteiger partial charge in [-0.3, -0.25) is 4.84 Å². The zero-order valence-electron chi connectivity index (χ0n) is 21.2. The fourth-order valence-electron chi connectivity index (χ4n) is 4.78. The zero-order chi connectivity index (χ0) is 25.1. The zero-order valence-corrected chi connectivity index (χ0v) is 21.2. The largest absolute Gasteiger partial charge is 0.372 e. The van der Waals surface area contributed by atoms with Crippen LogP contribution in [-0.2, 0) is 11.4 Å². The molecule has 1 atom stereocenters. The number of rotatable bonds is 11. The highest BCUT2D eigenvalue weighted by atomic mass is 19.1. The molecule has 8 nitrogen and oxygen atoms in total. The average molecular weight is 494 g/mol. The van der Waals surface area contributed by atoms with Crippen LogP contribution in [0.2, 0.25) is 0 Å². The van der Waals surface area contributed by atoms with E-state index in [4.69, 9.17) is 4.84 Å². The molecule has 0 spiro atoms. The normalized spacial score (nSPS) is 17.5. The van der Waals surface area contributed by atoms with Crippen LogP contribution in [0.3, 0.4) is 0 Å². The number of aromatic nitrogens is 2. The third-order valence-corrected chi connectivity index (χ3v) is 7.12. The van der Waals surface area contributed by atoms with Gasteiger partial charge in [-0.15, -0.1) is 0 Å². The van der Waals surface area contributed by atoms with Crippen molar-refractivity contribution in [1.29, 1.82) is 0 Å². The van der Waals surface area contributed by atoms with Crippen molar-refractivity contribution < 1.29 is 14.3 Å². The summed E-state index contributed by atoms with van der Waals surface area (Å²) >= 11 is 0. The molecule has 192 valence electrons. The molecule has 1 saturated heterocycles. The number of hydrogen-bond acceptors (Lipinski definition) is 7. The monoisotopic (exact) mass is 494 g/mol. The molecule has 4 N–H and O–H groups in total. The minimum atomic E-state index is -1.19. The number of imidazole rings is 1. The Kier molecular flexibility index (Phi) is 7.88. The minimum Gasteiger partial charge on any atom is -0.372 e. The van der Waals surface area contributed by atoms with Crippen molar-refractivity contribution >= 4 is 35.7 Å². The Morgan fingerprint density at radius 2 is 2.06 bits per heavy atom. The number of aliphatic hydroxyl groups excluding tert-OH is 1. The number of benzene rings is 2. The molecular weight excluding hydrogens is 458 g/mol. The van der Waals surface area contributed by atoms with E-state index in [1.165, 1.54) is 0 Å². The lowest BCUT2D eigenvalue weighted by atomic mass is 9.94. The molecular formula is C26H36BFN6O2. The van der Waals surface area contributed by atoms with E-state index in [1.54, 1.807) is 6.33 Å². The summed E-state index contributed by atoms with van der Waals surface area (Å²) in [4.78, 5) is 12.4. The number of nitrogens with zero attached hydrogens (tertiary/aromatic N) is 3. The van der Waals surface area contributed by atoms with Gasteiger partial charge in [0, 0.05) is 44.0 Å². The Labute approximate surface area is 212 Å². The van der Waals surface area contributed by atoms with Crippen molar-refractivity contribution in [3.8, 4) is 0 Å². The van der Waals surface area contributed by atoms with Crippen LogP contribution >= 0.6 is 0 Å². The number of fused-ring (bicyclic) bond motifs is 1. The van der Waals surface area contributed by atoms with Gasteiger partial charge in [-0.2, -0.15) is 5.48 Å². The van der Waals surface area contributed by atoms with Crippen molar-refractivity contribution in [1.82, 2.24) is 25.2 Å².